The van der Waals surface area contributed by atoms with Gasteiger partial charge in [-0.1, -0.05) is 17.7 Å². The number of hydrogen-bond acceptors (Lipinski definition) is 1. The summed E-state index contributed by atoms with van der Waals surface area (Å²) in [5, 5.41) is 2.81. The topological polar surface area (TPSA) is 37.8 Å². The van der Waals surface area contributed by atoms with Crippen LogP contribution in [0.4, 0.5) is 0 Å². The van der Waals surface area contributed by atoms with Crippen LogP contribution in [0.5, 0.6) is 0 Å². The minimum Gasteiger partial charge on any atom is -0.268 e. The highest BCUT2D eigenvalue weighted by atomic mass is 16.1. The SMILES string of the molecule is Cc1ccc(-n2[nH]c(=O)c(C)c2C)cc1. The molecule has 0 spiro atoms. The van der Waals surface area contributed by atoms with Crippen molar-refractivity contribution < 1.29 is 0 Å². The molecule has 1 aromatic carbocycles. The maximum absolute atomic E-state index is 11.4. The first-order valence-corrected chi connectivity index (χ1v) is 4.95. The molecule has 0 bridgehead atoms. The lowest BCUT2D eigenvalue weighted by Gasteiger charge is -2.05. The van der Waals surface area contributed by atoms with Gasteiger partial charge in [0.05, 0.1) is 5.69 Å². The summed E-state index contributed by atoms with van der Waals surface area (Å²) >= 11 is 0. The van der Waals surface area contributed by atoms with E-state index < -0.39 is 0 Å². The van der Waals surface area contributed by atoms with E-state index in [2.05, 4.69) is 5.10 Å². The predicted octanol–water partition coefficient (Wildman–Crippen LogP) is 2.09. The second-order valence-corrected chi connectivity index (χ2v) is 3.82. The van der Waals surface area contributed by atoms with Crippen LogP contribution in [0.1, 0.15) is 16.8 Å². The third-order valence-corrected chi connectivity index (χ3v) is 2.72. The molecule has 0 unspecified atom stereocenters. The molecule has 0 radical (unpaired) electrons. The Morgan fingerprint density at radius 3 is 2.13 bits per heavy atom. The average molecular weight is 202 g/mol. The van der Waals surface area contributed by atoms with Crippen molar-refractivity contribution in [2.24, 2.45) is 0 Å². The molecule has 1 N–H and O–H groups in total. The quantitative estimate of drug-likeness (QED) is 0.755. The number of hydrogen-bond donors (Lipinski definition) is 1. The fourth-order valence-electron chi connectivity index (χ4n) is 1.55. The van der Waals surface area contributed by atoms with Crippen LogP contribution >= 0.6 is 0 Å². The largest absolute Gasteiger partial charge is 0.268 e. The summed E-state index contributed by atoms with van der Waals surface area (Å²) < 4.78 is 1.82. The minimum absolute atomic E-state index is 0.0203. The number of rotatable bonds is 1. The first-order chi connectivity index (χ1) is 7.09. The van der Waals surface area contributed by atoms with Crippen molar-refractivity contribution in [3.05, 3.63) is 51.4 Å². The summed E-state index contributed by atoms with van der Waals surface area (Å²) in [6.45, 7) is 5.81. The molecular weight excluding hydrogens is 188 g/mol. The third-order valence-electron chi connectivity index (χ3n) is 2.72. The van der Waals surface area contributed by atoms with Crippen molar-refractivity contribution >= 4 is 0 Å². The molecule has 1 aromatic heterocycles. The fourth-order valence-corrected chi connectivity index (χ4v) is 1.55. The van der Waals surface area contributed by atoms with Gasteiger partial charge in [0.1, 0.15) is 0 Å². The van der Waals surface area contributed by atoms with Crippen LogP contribution in [-0.4, -0.2) is 9.78 Å². The molecule has 0 saturated carbocycles. The van der Waals surface area contributed by atoms with E-state index in [1.165, 1.54) is 5.56 Å². The molecule has 2 rings (SSSR count). The summed E-state index contributed by atoms with van der Waals surface area (Å²) in [5.41, 5.74) is 3.92. The van der Waals surface area contributed by atoms with Crippen molar-refractivity contribution in [3.63, 3.8) is 0 Å². The first kappa shape index (κ1) is 9.77. The van der Waals surface area contributed by atoms with Gasteiger partial charge in [-0.15, -0.1) is 0 Å². The Kier molecular flexibility index (Phi) is 2.23. The van der Waals surface area contributed by atoms with Crippen LogP contribution in [0.25, 0.3) is 5.69 Å². The lowest BCUT2D eigenvalue weighted by atomic mass is 10.2. The van der Waals surface area contributed by atoms with Gasteiger partial charge < -0.3 is 0 Å². The van der Waals surface area contributed by atoms with Gasteiger partial charge in [0.25, 0.3) is 5.56 Å². The number of aromatic amines is 1. The number of nitrogens with zero attached hydrogens (tertiary/aromatic N) is 1. The third kappa shape index (κ3) is 1.61. The molecule has 3 nitrogen and oxygen atoms in total. The number of benzene rings is 1. The zero-order chi connectivity index (χ0) is 11.0. The van der Waals surface area contributed by atoms with Crippen molar-refractivity contribution in [1.82, 2.24) is 9.78 Å². The molecule has 78 valence electrons. The number of aryl methyl sites for hydroxylation is 1. The molecule has 0 atom stereocenters. The Morgan fingerprint density at radius 1 is 1.07 bits per heavy atom. The molecule has 0 amide bonds. The van der Waals surface area contributed by atoms with Crippen LogP contribution in [-0.2, 0) is 0 Å². The maximum atomic E-state index is 11.4. The average Bonchev–Trinajstić information content (AvgIpc) is 2.47. The van der Waals surface area contributed by atoms with E-state index in [1.54, 1.807) is 0 Å². The van der Waals surface area contributed by atoms with Crippen LogP contribution < -0.4 is 5.56 Å². The van der Waals surface area contributed by atoms with Gasteiger partial charge in [0, 0.05) is 11.3 Å². The van der Waals surface area contributed by atoms with Gasteiger partial charge in [-0.25, -0.2) is 0 Å². The second-order valence-electron chi connectivity index (χ2n) is 3.82. The monoisotopic (exact) mass is 202 g/mol. The molecular formula is C12H14N2O. The van der Waals surface area contributed by atoms with E-state index in [0.717, 1.165) is 16.9 Å². The van der Waals surface area contributed by atoms with Gasteiger partial charge in [-0.05, 0) is 32.9 Å². The predicted molar refractivity (Wildman–Crippen MR) is 60.6 cm³/mol. The fraction of sp³-hybridized carbons (Fsp3) is 0.250. The number of nitrogens with one attached hydrogen (secondary N) is 1. The molecule has 2 aromatic rings. The first-order valence-electron chi connectivity index (χ1n) is 4.95. The Hall–Kier alpha value is -1.77. The van der Waals surface area contributed by atoms with Crippen LogP contribution in [0.3, 0.4) is 0 Å². The Balaban J connectivity index is 2.59. The number of aromatic nitrogens is 2. The Labute approximate surface area is 88.4 Å². The highest BCUT2D eigenvalue weighted by molar-refractivity contribution is 5.36. The molecule has 15 heavy (non-hydrogen) atoms. The smallest absolute Gasteiger partial charge is 0.267 e. The van der Waals surface area contributed by atoms with Crippen molar-refractivity contribution in [2.75, 3.05) is 0 Å². The molecule has 0 aliphatic rings. The summed E-state index contributed by atoms with van der Waals surface area (Å²) in [6, 6.07) is 8.06. The lowest BCUT2D eigenvalue weighted by molar-refractivity contribution is 0.833. The molecule has 0 fully saturated rings. The maximum Gasteiger partial charge on any atom is 0.267 e. The van der Waals surface area contributed by atoms with E-state index >= 15 is 0 Å². The number of H-pyrrole nitrogens is 1. The zero-order valence-electron chi connectivity index (χ0n) is 9.16. The van der Waals surface area contributed by atoms with Crippen LogP contribution in [0.15, 0.2) is 29.1 Å². The Morgan fingerprint density at radius 2 is 1.67 bits per heavy atom. The Bertz CT molecular complexity index is 532. The molecule has 0 saturated heterocycles. The standard InChI is InChI=1S/C12H14N2O/c1-8-4-6-11(7-5-8)14-10(3)9(2)12(15)13-14/h4-7H,1-3H3,(H,13,15). The summed E-state index contributed by atoms with van der Waals surface area (Å²) in [5.74, 6) is 0. The van der Waals surface area contributed by atoms with Gasteiger partial charge >= 0.3 is 0 Å². The van der Waals surface area contributed by atoms with E-state index in [-0.39, 0.29) is 5.56 Å². The normalized spacial score (nSPS) is 10.6. The van der Waals surface area contributed by atoms with Gasteiger partial charge in [0.2, 0.25) is 0 Å². The van der Waals surface area contributed by atoms with Crippen molar-refractivity contribution in [1.29, 1.82) is 0 Å². The van der Waals surface area contributed by atoms with Gasteiger partial charge in [-0.2, -0.15) is 0 Å². The van der Waals surface area contributed by atoms with E-state index in [9.17, 15) is 4.79 Å². The highest BCUT2D eigenvalue weighted by Crippen LogP contribution is 2.11. The van der Waals surface area contributed by atoms with Crippen molar-refractivity contribution in [3.8, 4) is 5.69 Å². The zero-order valence-corrected chi connectivity index (χ0v) is 9.16. The van der Waals surface area contributed by atoms with E-state index in [1.807, 2.05) is 49.7 Å². The molecule has 0 aliphatic heterocycles. The van der Waals surface area contributed by atoms with Crippen molar-refractivity contribution in [2.45, 2.75) is 20.8 Å². The molecule has 3 heteroatoms. The van der Waals surface area contributed by atoms with Gasteiger partial charge in [0.15, 0.2) is 0 Å². The summed E-state index contributed by atoms with van der Waals surface area (Å²) in [6.07, 6.45) is 0. The molecule has 0 aliphatic carbocycles. The summed E-state index contributed by atoms with van der Waals surface area (Å²) in [7, 11) is 0. The van der Waals surface area contributed by atoms with Gasteiger partial charge in [-0.3, -0.25) is 14.6 Å². The lowest BCUT2D eigenvalue weighted by Crippen LogP contribution is -2.05. The molecule has 1 heterocycles. The van der Waals surface area contributed by atoms with Crippen LogP contribution in [0, 0.1) is 20.8 Å². The van der Waals surface area contributed by atoms with E-state index in [4.69, 9.17) is 0 Å². The van der Waals surface area contributed by atoms with E-state index in [0.29, 0.717) is 0 Å². The summed E-state index contributed by atoms with van der Waals surface area (Å²) in [4.78, 5) is 11.4. The minimum atomic E-state index is -0.0203. The highest BCUT2D eigenvalue weighted by Gasteiger charge is 2.06. The van der Waals surface area contributed by atoms with Crippen LogP contribution in [0.2, 0.25) is 0 Å². The second kappa shape index (κ2) is 3.42.